The summed E-state index contributed by atoms with van der Waals surface area (Å²) in [6.45, 7) is 1.72. The molecule has 0 amide bonds. The van der Waals surface area contributed by atoms with Gasteiger partial charge in [0.25, 0.3) is 0 Å². The van der Waals surface area contributed by atoms with Crippen LogP contribution < -0.4 is 5.19 Å². The van der Waals surface area contributed by atoms with Gasteiger partial charge in [-0.1, -0.05) is 30.3 Å². The first-order valence-corrected chi connectivity index (χ1v) is 6.21. The standard InChI is InChI=1S/C8H12O2Si/c1-11(10,7-9)8-5-3-2-4-6-8/h2-6,9-10H,7H2,1H3. The number of benzene rings is 1. The van der Waals surface area contributed by atoms with Gasteiger partial charge >= 0.3 is 0 Å². The van der Waals surface area contributed by atoms with E-state index in [0.29, 0.717) is 0 Å². The molecule has 0 bridgehead atoms. The van der Waals surface area contributed by atoms with Crippen LogP contribution in [-0.4, -0.2) is 24.4 Å². The third-order valence-electron chi connectivity index (χ3n) is 1.70. The monoisotopic (exact) mass is 168 g/mol. The van der Waals surface area contributed by atoms with Crippen molar-refractivity contribution >= 4 is 13.5 Å². The SMILES string of the molecule is C[Si](O)(CO)c1ccccc1. The van der Waals surface area contributed by atoms with Crippen LogP contribution in [0.2, 0.25) is 6.55 Å². The smallest absolute Gasteiger partial charge is 0.242 e. The van der Waals surface area contributed by atoms with E-state index < -0.39 is 8.32 Å². The zero-order valence-corrected chi connectivity index (χ0v) is 7.49. The van der Waals surface area contributed by atoms with E-state index in [1.54, 1.807) is 6.55 Å². The molecule has 0 fully saturated rings. The molecule has 60 valence electrons. The second-order valence-corrected chi connectivity index (χ2v) is 6.24. The topological polar surface area (TPSA) is 40.5 Å². The summed E-state index contributed by atoms with van der Waals surface area (Å²) in [5, 5.41) is 9.74. The lowest BCUT2D eigenvalue weighted by Crippen LogP contribution is -2.48. The highest BCUT2D eigenvalue weighted by Gasteiger charge is 2.25. The predicted molar refractivity (Wildman–Crippen MR) is 47.0 cm³/mol. The largest absolute Gasteiger partial charge is 0.426 e. The van der Waals surface area contributed by atoms with E-state index in [2.05, 4.69) is 0 Å². The minimum absolute atomic E-state index is 0.114. The molecule has 0 radical (unpaired) electrons. The molecule has 1 aromatic rings. The molecule has 1 rings (SSSR count). The molecule has 0 aromatic heterocycles. The molecule has 0 aliphatic rings. The number of hydrogen-bond donors (Lipinski definition) is 2. The highest BCUT2D eigenvalue weighted by Crippen LogP contribution is 1.96. The number of rotatable bonds is 2. The summed E-state index contributed by atoms with van der Waals surface area (Å²) >= 11 is 0. The molecule has 1 unspecified atom stereocenters. The summed E-state index contributed by atoms with van der Waals surface area (Å²) in [6.07, 6.45) is -0.114. The highest BCUT2D eigenvalue weighted by molar-refractivity contribution is 6.84. The Balaban J connectivity index is 2.93. The molecule has 3 heteroatoms. The van der Waals surface area contributed by atoms with Crippen molar-refractivity contribution in [2.75, 3.05) is 6.23 Å². The maximum atomic E-state index is 9.68. The number of hydrogen-bond acceptors (Lipinski definition) is 2. The fraction of sp³-hybridized carbons (Fsp3) is 0.250. The minimum atomic E-state index is -2.50. The van der Waals surface area contributed by atoms with E-state index in [9.17, 15) is 4.80 Å². The number of aliphatic hydroxyl groups excluding tert-OH is 1. The van der Waals surface area contributed by atoms with Gasteiger partial charge in [-0.25, -0.2) is 0 Å². The van der Waals surface area contributed by atoms with E-state index in [4.69, 9.17) is 5.11 Å². The lowest BCUT2D eigenvalue weighted by molar-refractivity contribution is 0.334. The van der Waals surface area contributed by atoms with E-state index in [1.807, 2.05) is 30.3 Å². The van der Waals surface area contributed by atoms with Crippen molar-refractivity contribution in [1.82, 2.24) is 0 Å². The van der Waals surface area contributed by atoms with Crippen molar-refractivity contribution in [2.45, 2.75) is 6.55 Å². The molecule has 0 heterocycles. The van der Waals surface area contributed by atoms with Gasteiger partial charge < -0.3 is 9.90 Å². The molecule has 1 aromatic carbocycles. The normalized spacial score (nSPS) is 15.9. The fourth-order valence-electron chi connectivity index (χ4n) is 0.888. The van der Waals surface area contributed by atoms with Crippen LogP contribution in [0, 0.1) is 0 Å². The zero-order valence-electron chi connectivity index (χ0n) is 6.49. The Morgan fingerprint density at radius 2 is 1.82 bits per heavy atom. The zero-order chi connectivity index (χ0) is 8.32. The summed E-state index contributed by atoms with van der Waals surface area (Å²) in [4.78, 5) is 9.68. The van der Waals surface area contributed by atoms with Crippen LogP contribution >= 0.6 is 0 Å². The summed E-state index contributed by atoms with van der Waals surface area (Å²) < 4.78 is 0. The van der Waals surface area contributed by atoms with E-state index in [1.165, 1.54) is 0 Å². The van der Waals surface area contributed by atoms with Crippen LogP contribution in [0.25, 0.3) is 0 Å². The third kappa shape index (κ3) is 1.89. The van der Waals surface area contributed by atoms with Crippen LogP contribution in [0.3, 0.4) is 0 Å². The predicted octanol–water partition coefficient (Wildman–Crippen LogP) is -0.00730. The summed E-state index contributed by atoms with van der Waals surface area (Å²) in [7, 11) is -2.50. The first-order chi connectivity index (χ1) is 5.17. The van der Waals surface area contributed by atoms with Crippen molar-refractivity contribution in [1.29, 1.82) is 0 Å². The van der Waals surface area contributed by atoms with Crippen molar-refractivity contribution in [3.8, 4) is 0 Å². The van der Waals surface area contributed by atoms with Gasteiger partial charge in [0.1, 0.15) is 0 Å². The van der Waals surface area contributed by atoms with Crippen molar-refractivity contribution in [2.24, 2.45) is 0 Å². The van der Waals surface area contributed by atoms with Gasteiger partial charge in [0.05, 0.1) is 6.23 Å². The molecule has 2 nitrogen and oxygen atoms in total. The Labute approximate surface area is 67.3 Å². The van der Waals surface area contributed by atoms with Gasteiger partial charge in [0, 0.05) is 0 Å². The average Bonchev–Trinajstić information content (AvgIpc) is 2.06. The molecule has 0 spiro atoms. The lowest BCUT2D eigenvalue weighted by atomic mass is 10.4. The van der Waals surface area contributed by atoms with Gasteiger partial charge in [0.15, 0.2) is 0 Å². The fourth-order valence-corrected chi connectivity index (χ4v) is 1.98. The summed E-state index contributed by atoms with van der Waals surface area (Å²) in [6, 6.07) is 9.33. The Bertz CT molecular complexity index is 221. The molecule has 0 saturated heterocycles. The quantitative estimate of drug-likeness (QED) is 0.610. The second-order valence-electron chi connectivity index (χ2n) is 2.80. The van der Waals surface area contributed by atoms with E-state index >= 15 is 0 Å². The Kier molecular flexibility index (Phi) is 2.44. The Morgan fingerprint density at radius 1 is 1.27 bits per heavy atom. The van der Waals surface area contributed by atoms with Crippen LogP contribution in [0.4, 0.5) is 0 Å². The van der Waals surface area contributed by atoms with Crippen LogP contribution in [0.1, 0.15) is 0 Å². The summed E-state index contributed by atoms with van der Waals surface area (Å²) in [5.41, 5.74) is 0. The average molecular weight is 168 g/mol. The molecule has 0 aliphatic heterocycles. The Morgan fingerprint density at radius 3 is 2.27 bits per heavy atom. The molecule has 0 saturated carbocycles. The third-order valence-corrected chi connectivity index (χ3v) is 3.90. The number of aliphatic hydroxyl groups is 1. The van der Waals surface area contributed by atoms with Crippen molar-refractivity contribution in [3.63, 3.8) is 0 Å². The van der Waals surface area contributed by atoms with Crippen molar-refractivity contribution in [3.05, 3.63) is 30.3 Å². The molecular weight excluding hydrogens is 156 g/mol. The van der Waals surface area contributed by atoms with Gasteiger partial charge in [-0.2, -0.15) is 0 Å². The van der Waals surface area contributed by atoms with Gasteiger partial charge in [-0.05, 0) is 11.7 Å². The van der Waals surface area contributed by atoms with Crippen LogP contribution in [0.15, 0.2) is 30.3 Å². The van der Waals surface area contributed by atoms with Crippen LogP contribution in [0.5, 0.6) is 0 Å². The van der Waals surface area contributed by atoms with Crippen molar-refractivity contribution < 1.29 is 9.90 Å². The van der Waals surface area contributed by atoms with Gasteiger partial charge in [0.2, 0.25) is 8.32 Å². The van der Waals surface area contributed by atoms with E-state index in [0.717, 1.165) is 5.19 Å². The summed E-state index contributed by atoms with van der Waals surface area (Å²) in [5.74, 6) is 0. The minimum Gasteiger partial charge on any atom is -0.426 e. The van der Waals surface area contributed by atoms with Gasteiger partial charge in [-0.15, -0.1) is 0 Å². The highest BCUT2D eigenvalue weighted by atomic mass is 28.4. The lowest BCUT2D eigenvalue weighted by Gasteiger charge is -2.16. The van der Waals surface area contributed by atoms with E-state index in [-0.39, 0.29) is 6.23 Å². The van der Waals surface area contributed by atoms with Gasteiger partial charge in [-0.3, -0.25) is 0 Å². The molecule has 0 aliphatic carbocycles. The molecule has 2 N–H and O–H groups in total. The Hall–Kier alpha value is -0.643. The van der Waals surface area contributed by atoms with Crippen LogP contribution in [-0.2, 0) is 0 Å². The molecular formula is C8H12O2Si. The second kappa shape index (κ2) is 3.17. The first-order valence-electron chi connectivity index (χ1n) is 3.55. The maximum Gasteiger partial charge on any atom is 0.242 e. The first kappa shape index (κ1) is 8.45. The molecule has 11 heavy (non-hydrogen) atoms. The molecule has 1 atom stereocenters. The maximum absolute atomic E-state index is 9.68.